The van der Waals surface area contributed by atoms with Crippen LogP contribution in [0.15, 0.2) is 78.4 Å². The first kappa shape index (κ1) is 24.5. The van der Waals surface area contributed by atoms with Crippen LogP contribution in [0.4, 0.5) is 4.39 Å². The Bertz CT molecular complexity index is 1170. The lowest BCUT2D eigenvalue weighted by atomic mass is 10.1. The van der Waals surface area contributed by atoms with Crippen molar-refractivity contribution in [2.45, 2.75) is 26.4 Å². The summed E-state index contributed by atoms with van der Waals surface area (Å²) in [5.41, 5.74) is 2.55. The maximum absolute atomic E-state index is 13.4. The average molecular weight is 459 g/mol. The van der Waals surface area contributed by atoms with Gasteiger partial charge in [0, 0.05) is 6.54 Å². The molecule has 1 amide bonds. The predicted octanol–water partition coefficient (Wildman–Crippen LogP) is 5.46. The summed E-state index contributed by atoms with van der Waals surface area (Å²) >= 11 is 0. The van der Waals surface area contributed by atoms with E-state index in [4.69, 9.17) is 9.47 Å². The quantitative estimate of drug-likeness (QED) is 0.235. The highest BCUT2D eigenvalue weighted by molar-refractivity contribution is 6.01. The van der Waals surface area contributed by atoms with Crippen molar-refractivity contribution in [3.05, 3.63) is 101 Å². The van der Waals surface area contributed by atoms with E-state index in [1.165, 1.54) is 23.8 Å². The van der Waals surface area contributed by atoms with Gasteiger partial charge in [0.2, 0.25) is 0 Å². The van der Waals surface area contributed by atoms with Gasteiger partial charge in [0.15, 0.2) is 11.5 Å². The lowest BCUT2D eigenvalue weighted by Gasteiger charge is -2.13. The summed E-state index contributed by atoms with van der Waals surface area (Å²) in [4.78, 5) is 12.5. The molecule has 0 saturated carbocycles. The van der Waals surface area contributed by atoms with Crippen molar-refractivity contribution in [2.24, 2.45) is 0 Å². The van der Waals surface area contributed by atoms with Crippen molar-refractivity contribution in [1.29, 1.82) is 5.26 Å². The molecule has 0 fully saturated rings. The first-order chi connectivity index (χ1) is 16.6. The number of hydrogen-bond donors (Lipinski definition) is 1. The van der Waals surface area contributed by atoms with Crippen LogP contribution in [-0.2, 0) is 17.8 Å². The standard InChI is InChI=1S/C28H27FN2O3/c1-2-33-27-18-22(13-14-26(27)34-20-23-10-6-12-25(29)17-23)16-24(19-30)28(32)31-15-7-11-21-8-4-3-5-9-21/h3-6,8-10,12-14,16-18H,2,7,11,15,20H2,1H3,(H,31,32)/b24-16-. The summed E-state index contributed by atoms with van der Waals surface area (Å²) in [5.74, 6) is 0.231. The summed E-state index contributed by atoms with van der Waals surface area (Å²) in [5, 5.41) is 12.3. The largest absolute Gasteiger partial charge is 0.490 e. The summed E-state index contributed by atoms with van der Waals surface area (Å²) in [7, 11) is 0. The van der Waals surface area contributed by atoms with Gasteiger partial charge < -0.3 is 14.8 Å². The number of nitriles is 1. The Morgan fingerprint density at radius 1 is 1.00 bits per heavy atom. The van der Waals surface area contributed by atoms with Gasteiger partial charge >= 0.3 is 0 Å². The Balaban J connectivity index is 1.62. The minimum atomic E-state index is -0.417. The fraction of sp³-hybridized carbons (Fsp3) is 0.214. The number of aryl methyl sites for hydroxylation is 1. The molecule has 0 heterocycles. The highest BCUT2D eigenvalue weighted by Gasteiger charge is 2.11. The van der Waals surface area contributed by atoms with Crippen LogP contribution in [-0.4, -0.2) is 19.1 Å². The van der Waals surface area contributed by atoms with Gasteiger partial charge in [0.05, 0.1) is 6.61 Å². The molecule has 0 bridgehead atoms. The van der Waals surface area contributed by atoms with Crippen LogP contribution in [0.3, 0.4) is 0 Å². The number of amides is 1. The van der Waals surface area contributed by atoms with E-state index in [0.717, 1.165) is 12.8 Å². The van der Waals surface area contributed by atoms with Gasteiger partial charge in [-0.25, -0.2) is 4.39 Å². The van der Waals surface area contributed by atoms with Gasteiger partial charge in [-0.2, -0.15) is 5.26 Å². The zero-order chi connectivity index (χ0) is 24.2. The Morgan fingerprint density at radius 2 is 1.79 bits per heavy atom. The smallest absolute Gasteiger partial charge is 0.261 e. The number of ether oxygens (including phenoxy) is 2. The zero-order valence-corrected chi connectivity index (χ0v) is 19.1. The lowest BCUT2D eigenvalue weighted by Crippen LogP contribution is -2.25. The highest BCUT2D eigenvalue weighted by atomic mass is 19.1. The Morgan fingerprint density at radius 3 is 2.53 bits per heavy atom. The number of benzene rings is 3. The van der Waals surface area contributed by atoms with E-state index in [1.54, 1.807) is 30.3 Å². The van der Waals surface area contributed by atoms with Crippen molar-refractivity contribution >= 4 is 12.0 Å². The number of rotatable bonds is 11. The van der Waals surface area contributed by atoms with Crippen LogP contribution in [0.5, 0.6) is 11.5 Å². The SMILES string of the molecule is CCOc1cc(/C=C(/C#N)C(=O)NCCCc2ccccc2)ccc1OCc1cccc(F)c1. The molecule has 0 spiro atoms. The number of halogens is 1. The van der Waals surface area contributed by atoms with Crippen molar-refractivity contribution in [1.82, 2.24) is 5.32 Å². The minimum absolute atomic E-state index is 0.00980. The van der Waals surface area contributed by atoms with Crippen molar-refractivity contribution < 1.29 is 18.7 Å². The van der Waals surface area contributed by atoms with Crippen LogP contribution in [0.1, 0.15) is 30.0 Å². The zero-order valence-electron chi connectivity index (χ0n) is 19.1. The van der Waals surface area contributed by atoms with Gasteiger partial charge in [0.25, 0.3) is 5.91 Å². The molecule has 0 atom stereocenters. The predicted molar refractivity (Wildman–Crippen MR) is 130 cm³/mol. The second-order valence-electron chi connectivity index (χ2n) is 7.57. The molecule has 3 aromatic rings. The summed E-state index contributed by atoms with van der Waals surface area (Å²) in [6, 6.07) is 23.4. The normalized spacial score (nSPS) is 10.9. The molecule has 174 valence electrons. The molecule has 0 radical (unpaired) electrons. The fourth-order valence-electron chi connectivity index (χ4n) is 3.34. The molecule has 1 N–H and O–H groups in total. The third-order valence-electron chi connectivity index (χ3n) is 5.00. The molecule has 0 aliphatic carbocycles. The van der Waals surface area contributed by atoms with Crippen molar-refractivity contribution in [3.63, 3.8) is 0 Å². The molecule has 0 aliphatic heterocycles. The van der Waals surface area contributed by atoms with E-state index in [0.29, 0.717) is 35.8 Å². The van der Waals surface area contributed by atoms with E-state index in [-0.39, 0.29) is 18.0 Å². The third kappa shape index (κ3) is 7.49. The van der Waals surface area contributed by atoms with Crippen LogP contribution >= 0.6 is 0 Å². The molecule has 6 heteroatoms. The summed E-state index contributed by atoms with van der Waals surface area (Å²) in [6.45, 7) is 2.92. The minimum Gasteiger partial charge on any atom is -0.490 e. The number of hydrogen-bond acceptors (Lipinski definition) is 4. The molecule has 3 aromatic carbocycles. The van der Waals surface area contributed by atoms with E-state index in [9.17, 15) is 14.4 Å². The topological polar surface area (TPSA) is 71.3 Å². The number of nitrogens with one attached hydrogen (secondary N) is 1. The molecule has 0 unspecified atom stereocenters. The molecule has 3 rings (SSSR count). The van der Waals surface area contributed by atoms with E-state index in [2.05, 4.69) is 5.32 Å². The molecule has 34 heavy (non-hydrogen) atoms. The number of carbonyl (C=O) groups excluding carboxylic acids is 1. The third-order valence-corrected chi connectivity index (χ3v) is 5.00. The summed E-state index contributed by atoms with van der Waals surface area (Å²) < 4.78 is 24.9. The lowest BCUT2D eigenvalue weighted by molar-refractivity contribution is -0.117. The van der Waals surface area contributed by atoms with E-state index < -0.39 is 5.91 Å². The molecule has 5 nitrogen and oxygen atoms in total. The molecular weight excluding hydrogens is 431 g/mol. The van der Waals surface area contributed by atoms with Gasteiger partial charge in [0.1, 0.15) is 24.1 Å². The van der Waals surface area contributed by atoms with Gasteiger partial charge in [-0.1, -0.05) is 48.5 Å². The van der Waals surface area contributed by atoms with Gasteiger partial charge in [-0.15, -0.1) is 0 Å². The van der Waals surface area contributed by atoms with E-state index in [1.807, 2.05) is 43.3 Å². The van der Waals surface area contributed by atoms with Gasteiger partial charge in [-0.05, 0) is 66.8 Å². The molecular formula is C28H27FN2O3. The van der Waals surface area contributed by atoms with Crippen molar-refractivity contribution in [3.8, 4) is 17.6 Å². The van der Waals surface area contributed by atoms with Gasteiger partial charge in [-0.3, -0.25) is 4.79 Å². The molecule has 0 aromatic heterocycles. The second kappa shape index (κ2) is 12.8. The molecule has 0 saturated heterocycles. The number of carbonyl (C=O) groups is 1. The highest BCUT2D eigenvalue weighted by Crippen LogP contribution is 2.30. The Kier molecular flexibility index (Phi) is 9.24. The summed E-state index contributed by atoms with van der Waals surface area (Å²) in [6.07, 6.45) is 3.15. The second-order valence-corrected chi connectivity index (χ2v) is 7.57. The van der Waals surface area contributed by atoms with Crippen LogP contribution in [0, 0.1) is 17.1 Å². The Hall–Kier alpha value is -4.11. The first-order valence-corrected chi connectivity index (χ1v) is 11.2. The maximum Gasteiger partial charge on any atom is 0.261 e. The maximum atomic E-state index is 13.4. The first-order valence-electron chi connectivity index (χ1n) is 11.2. The molecule has 0 aliphatic rings. The van der Waals surface area contributed by atoms with Crippen LogP contribution in [0.2, 0.25) is 0 Å². The van der Waals surface area contributed by atoms with Crippen molar-refractivity contribution in [2.75, 3.05) is 13.2 Å². The monoisotopic (exact) mass is 458 g/mol. The van der Waals surface area contributed by atoms with E-state index >= 15 is 0 Å². The van der Waals surface area contributed by atoms with Crippen LogP contribution < -0.4 is 14.8 Å². The fourth-order valence-corrected chi connectivity index (χ4v) is 3.34. The van der Waals surface area contributed by atoms with Crippen LogP contribution in [0.25, 0.3) is 6.08 Å². The number of nitrogens with zero attached hydrogens (tertiary/aromatic N) is 1. The Labute approximate surface area is 199 Å². The average Bonchev–Trinajstić information content (AvgIpc) is 2.85.